The summed E-state index contributed by atoms with van der Waals surface area (Å²) in [7, 11) is 0. The summed E-state index contributed by atoms with van der Waals surface area (Å²) in [5.74, 6) is -8.08. The number of nitrogens with two attached hydrogens (primary N) is 2. The van der Waals surface area contributed by atoms with Crippen molar-refractivity contribution < 1.29 is 74.9 Å². The van der Waals surface area contributed by atoms with E-state index >= 15 is 0 Å². The van der Waals surface area contributed by atoms with Crippen LogP contribution in [-0.4, -0.2) is 109 Å². The van der Waals surface area contributed by atoms with Gasteiger partial charge in [0.2, 0.25) is 11.8 Å². The summed E-state index contributed by atoms with van der Waals surface area (Å²) < 4.78 is 63.5. The Hall–Kier alpha value is -5.90. The van der Waals surface area contributed by atoms with E-state index in [1.54, 1.807) is 0 Å². The second-order valence-corrected chi connectivity index (χ2v) is 9.40. The number of rotatable bonds is 10. The second kappa shape index (κ2) is 18.6. The number of carbonyl (C=O) groups is 8. The molecule has 3 rings (SSSR count). The molecule has 0 fully saturated rings. The number of ketones is 2. The van der Waals surface area contributed by atoms with Gasteiger partial charge < -0.3 is 42.9 Å². The molecule has 22 heteroatoms. The molecule has 0 aromatic heterocycles. The number of aliphatic carboxylic acids is 2. The summed E-state index contributed by atoms with van der Waals surface area (Å²) >= 11 is 0. The summed E-state index contributed by atoms with van der Waals surface area (Å²) in [6, 6.07) is 8.38. The SMILES string of the molecule is NCC(=O)NCCNC(=O)c1ccc2c(c1)C(=O)c1cc(C(=O)NCCNC(=O)CN)ccc1C2=O.O=C(O)C(F)(F)F.O=C(O)C(F)(F)F. The Morgan fingerprint density at radius 1 is 0.540 bits per heavy atom. The monoisotopic (exact) mass is 722 g/mol. The van der Waals surface area contributed by atoms with E-state index in [0.29, 0.717) is 0 Å². The van der Waals surface area contributed by atoms with Crippen LogP contribution in [0.2, 0.25) is 0 Å². The molecule has 0 unspecified atom stereocenters. The third-order valence-electron chi connectivity index (χ3n) is 5.86. The lowest BCUT2D eigenvalue weighted by molar-refractivity contribution is -0.193. The van der Waals surface area contributed by atoms with Crippen LogP contribution in [0.25, 0.3) is 0 Å². The molecule has 16 nitrogen and oxygen atoms in total. The van der Waals surface area contributed by atoms with Gasteiger partial charge in [-0.2, -0.15) is 26.3 Å². The highest BCUT2D eigenvalue weighted by atomic mass is 19.4. The first kappa shape index (κ1) is 42.1. The largest absolute Gasteiger partial charge is 0.490 e. The zero-order valence-electron chi connectivity index (χ0n) is 25.3. The van der Waals surface area contributed by atoms with E-state index in [9.17, 15) is 55.1 Å². The van der Waals surface area contributed by atoms with E-state index in [4.69, 9.17) is 31.3 Å². The van der Waals surface area contributed by atoms with E-state index in [2.05, 4.69) is 21.3 Å². The first-order valence-corrected chi connectivity index (χ1v) is 13.6. The molecule has 1 aliphatic carbocycles. The lowest BCUT2D eigenvalue weighted by atomic mass is 9.82. The summed E-state index contributed by atoms with van der Waals surface area (Å²) in [6.07, 6.45) is -10.2. The quantitative estimate of drug-likeness (QED) is 0.0957. The van der Waals surface area contributed by atoms with Gasteiger partial charge in [-0.15, -0.1) is 0 Å². The molecule has 0 spiro atoms. The number of alkyl halides is 6. The van der Waals surface area contributed by atoms with Crippen molar-refractivity contribution in [2.45, 2.75) is 12.4 Å². The molecule has 1 aliphatic rings. The van der Waals surface area contributed by atoms with Crippen LogP contribution < -0.4 is 32.7 Å². The van der Waals surface area contributed by atoms with Gasteiger partial charge in [-0.1, -0.05) is 0 Å². The molecule has 50 heavy (non-hydrogen) atoms. The van der Waals surface area contributed by atoms with Crippen LogP contribution in [0, 0.1) is 0 Å². The van der Waals surface area contributed by atoms with Crippen LogP contribution >= 0.6 is 0 Å². The fraction of sp³-hybridized carbons (Fsp3) is 0.286. The predicted molar refractivity (Wildman–Crippen MR) is 156 cm³/mol. The molecule has 272 valence electrons. The summed E-state index contributed by atoms with van der Waals surface area (Å²) in [6.45, 7) is 0.334. The Kier molecular flexibility index (Phi) is 15.7. The number of carbonyl (C=O) groups excluding carboxylic acids is 6. The normalized spacial score (nSPS) is 11.6. The first-order valence-electron chi connectivity index (χ1n) is 13.6. The molecule has 0 atom stereocenters. The minimum Gasteiger partial charge on any atom is -0.475 e. The van der Waals surface area contributed by atoms with Crippen LogP contribution in [0.5, 0.6) is 0 Å². The molecule has 4 amide bonds. The topological polar surface area (TPSA) is 277 Å². The maximum Gasteiger partial charge on any atom is 0.490 e. The number of halogens is 6. The molecule has 0 saturated carbocycles. The average molecular weight is 723 g/mol. The summed E-state index contributed by atoms with van der Waals surface area (Å²) in [4.78, 5) is 91.2. The van der Waals surface area contributed by atoms with E-state index < -0.39 is 47.7 Å². The average Bonchev–Trinajstić information content (AvgIpc) is 3.06. The van der Waals surface area contributed by atoms with Crippen molar-refractivity contribution in [2.75, 3.05) is 39.3 Å². The minimum absolute atomic E-state index is 0.0543. The number of carboxylic acid groups (broad SMARTS) is 2. The van der Waals surface area contributed by atoms with Crippen molar-refractivity contribution >= 4 is 47.1 Å². The molecule has 2 aromatic rings. The van der Waals surface area contributed by atoms with E-state index in [1.165, 1.54) is 36.4 Å². The van der Waals surface area contributed by atoms with Crippen molar-refractivity contribution in [1.29, 1.82) is 0 Å². The van der Waals surface area contributed by atoms with E-state index in [0.717, 1.165) is 0 Å². The molecular weight excluding hydrogens is 694 g/mol. The molecule has 0 saturated heterocycles. The number of hydrogen-bond acceptors (Lipinski definition) is 10. The van der Waals surface area contributed by atoms with Gasteiger partial charge in [0.15, 0.2) is 11.6 Å². The highest BCUT2D eigenvalue weighted by molar-refractivity contribution is 6.29. The summed E-state index contributed by atoms with van der Waals surface area (Å²) in [5.41, 5.74) is 11.1. The van der Waals surface area contributed by atoms with Crippen LogP contribution in [0.1, 0.15) is 52.6 Å². The highest BCUT2D eigenvalue weighted by Gasteiger charge is 2.39. The first-order chi connectivity index (χ1) is 23.1. The van der Waals surface area contributed by atoms with Crippen LogP contribution in [0.3, 0.4) is 0 Å². The van der Waals surface area contributed by atoms with Crippen molar-refractivity contribution in [3.63, 3.8) is 0 Å². The Morgan fingerprint density at radius 2 is 0.820 bits per heavy atom. The molecule has 2 aromatic carbocycles. The molecule has 0 radical (unpaired) electrons. The molecule has 0 aliphatic heterocycles. The van der Waals surface area contributed by atoms with Gasteiger partial charge in [-0.3, -0.25) is 28.8 Å². The van der Waals surface area contributed by atoms with Gasteiger partial charge in [-0.25, -0.2) is 9.59 Å². The number of benzene rings is 2. The minimum atomic E-state index is -5.08. The lowest BCUT2D eigenvalue weighted by Crippen LogP contribution is -2.37. The zero-order chi connectivity index (χ0) is 38.4. The smallest absolute Gasteiger partial charge is 0.475 e. The fourth-order valence-electron chi connectivity index (χ4n) is 3.54. The van der Waals surface area contributed by atoms with Gasteiger partial charge in [0, 0.05) is 59.6 Å². The number of fused-ring (bicyclic) bond motifs is 2. The summed E-state index contributed by atoms with van der Waals surface area (Å²) in [5, 5.41) is 24.5. The van der Waals surface area contributed by atoms with Gasteiger partial charge in [0.25, 0.3) is 11.8 Å². The fourth-order valence-corrected chi connectivity index (χ4v) is 3.54. The zero-order valence-corrected chi connectivity index (χ0v) is 25.3. The van der Waals surface area contributed by atoms with Crippen LogP contribution in [-0.2, 0) is 19.2 Å². The predicted octanol–water partition coefficient (Wildman–Crippen LogP) is -0.662. The second-order valence-electron chi connectivity index (χ2n) is 9.40. The molecule has 0 bridgehead atoms. The van der Waals surface area contributed by atoms with Gasteiger partial charge in [0.1, 0.15) is 0 Å². The maximum absolute atomic E-state index is 13.2. The third-order valence-corrected chi connectivity index (χ3v) is 5.86. The maximum atomic E-state index is 13.2. The number of carboxylic acids is 2. The Bertz CT molecular complexity index is 1530. The van der Waals surface area contributed by atoms with Crippen LogP contribution in [0.15, 0.2) is 36.4 Å². The molecular formula is C28H28F6N6O10. The highest BCUT2D eigenvalue weighted by Crippen LogP contribution is 2.29. The van der Waals surface area contributed by atoms with Gasteiger partial charge >= 0.3 is 24.3 Å². The third kappa shape index (κ3) is 13.0. The van der Waals surface area contributed by atoms with E-state index in [-0.39, 0.29) is 84.5 Å². The van der Waals surface area contributed by atoms with Crippen molar-refractivity contribution in [3.8, 4) is 0 Å². The molecule has 10 N–H and O–H groups in total. The van der Waals surface area contributed by atoms with Gasteiger partial charge in [-0.05, 0) is 36.4 Å². The number of nitrogens with one attached hydrogen (secondary N) is 4. The van der Waals surface area contributed by atoms with Crippen LogP contribution in [0.4, 0.5) is 26.3 Å². The van der Waals surface area contributed by atoms with Gasteiger partial charge in [0.05, 0.1) is 13.1 Å². The van der Waals surface area contributed by atoms with Crippen molar-refractivity contribution in [2.24, 2.45) is 11.5 Å². The Labute approximate surface area is 276 Å². The molecule has 0 heterocycles. The Balaban J connectivity index is 0.000000748. The number of amides is 4. The van der Waals surface area contributed by atoms with E-state index in [1.807, 2.05) is 0 Å². The Morgan fingerprint density at radius 3 is 1.10 bits per heavy atom. The lowest BCUT2D eigenvalue weighted by Gasteiger charge is -2.19. The van der Waals surface area contributed by atoms with Crippen molar-refractivity contribution in [3.05, 3.63) is 69.8 Å². The van der Waals surface area contributed by atoms with Crippen molar-refractivity contribution in [1.82, 2.24) is 21.3 Å². The standard InChI is InChI=1S/C24H26N6O6.2C2HF3O2/c25-11-19(31)27-5-7-29-23(35)13-1-3-15-17(9-13)22(34)18-10-14(2-4-16(18)21(15)33)24(36)30-8-6-28-20(32)12-26;2*3-2(4,5)1(6)7/h1-4,9-10H,5-8,11-12,25-26H2,(H,27,31)(H,28,32)(H,29,35)(H,30,36);2*(H,6,7). The number of hydrogen-bond donors (Lipinski definition) is 8.